The molecule has 5 rings (SSSR count). The van der Waals surface area contributed by atoms with Crippen LogP contribution in [-0.2, 0) is 14.3 Å². The SMILES string of the molecule is CC(=O)N1C[C@H](C(=O)Nc2ccc(C)cc2C)[C@@H](c2nnc([C@H]3C[C@@H](OC(C)(C)C)C3)n2C2CC2)C1. The van der Waals surface area contributed by atoms with Gasteiger partial charge in [-0.1, -0.05) is 17.7 Å². The highest BCUT2D eigenvalue weighted by Gasteiger charge is 2.46. The molecule has 3 fully saturated rings. The van der Waals surface area contributed by atoms with Gasteiger partial charge in [-0.2, -0.15) is 0 Å². The monoisotopic (exact) mass is 493 g/mol. The van der Waals surface area contributed by atoms with E-state index in [2.05, 4.69) is 46.9 Å². The van der Waals surface area contributed by atoms with E-state index in [1.54, 1.807) is 11.8 Å². The van der Waals surface area contributed by atoms with Crippen molar-refractivity contribution in [3.8, 4) is 0 Å². The molecule has 0 bridgehead atoms. The van der Waals surface area contributed by atoms with Crippen LogP contribution in [0.5, 0.6) is 0 Å². The number of ether oxygens (including phenoxy) is 1. The first-order valence-electron chi connectivity index (χ1n) is 13.3. The lowest BCUT2D eigenvalue weighted by Gasteiger charge is -2.39. The predicted molar refractivity (Wildman–Crippen MR) is 138 cm³/mol. The Morgan fingerprint density at radius 3 is 2.36 bits per heavy atom. The Morgan fingerprint density at radius 1 is 1.06 bits per heavy atom. The number of aromatic nitrogens is 3. The van der Waals surface area contributed by atoms with Gasteiger partial charge in [-0.05, 0) is 71.9 Å². The lowest BCUT2D eigenvalue weighted by atomic mass is 9.81. The summed E-state index contributed by atoms with van der Waals surface area (Å²) in [6, 6.07) is 6.41. The van der Waals surface area contributed by atoms with Gasteiger partial charge >= 0.3 is 0 Å². The minimum atomic E-state index is -0.373. The van der Waals surface area contributed by atoms with E-state index in [1.165, 1.54) is 0 Å². The summed E-state index contributed by atoms with van der Waals surface area (Å²) in [5.74, 6) is 1.58. The van der Waals surface area contributed by atoms with Crippen LogP contribution in [0.2, 0.25) is 0 Å². The largest absolute Gasteiger partial charge is 0.373 e. The van der Waals surface area contributed by atoms with Crippen molar-refractivity contribution in [2.24, 2.45) is 5.92 Å². The standard InChI is InChI=1S/C28H39N5O3/c1-16-7-10-24(17(2)11-16)29-27(35)23-15-32(18(3)34)14-22(23)26-31-30-25(33(26)20-8-9-20)19-12-21(13-19)36-28(4,5)6/h7,10-11,19-23H,8-9,12-15H2,1-6H3,(H,29,35)/t19-,21+,22-,23-/m0/s1. The number of carbonyl (C=O) groups excluding carboxylic acids is 2. The molecule has 2 amide bonds. The van der Waals surface area contributed by atoms with Crippen LogP contribution in [-0.4, -0.2) is 56.3 Å². The summed E-state index contributed by atoms with van der Waals surface area (Å²) in [4.78, 5) is 27.7. The molecule has 2 aromatic rings. The molecule has 2 saturated carbocycles. The quantitative estimate of drug-likeness (QED) is 0.640. The van der Waals surface area contributed by atoms with Crippen LogP contribution in [0.3, 0.4) is 0 Å². The van der Waals surface area contributed by atoms with Crippen LogP contribution < -0.4 is 5.32 Å². The number of benzene rings is 1. The topological polar surface area (TPSA) is 89.3 Å². The third-order valence-corrected chi connectivity index (χ3v) is 7.71. The van der Waals surface area contributed by atoms with E-state index in [1.807, 2.05) is 26.0 Å². The zero-order chi connectivity index (χ0) is 25.8. The van der Waals surface area contributed by atoms with Crippen LogP contribution in [0.15, 0.2) is 18.2 Å². The molecule has 194 valence electrons. The molecule has 0 spiro atoms. The molecule has 0 radical (unpaired) electrons. The summed E-state index contributed by atoms with van der Waals surface area (Å²) in [5, 5.41) is 12.5. The van der Waals surface area contributed by atoms with Gasteiger partial charge in [-0.3, -0.25) is 9.59 Å². The van der Waals surface area contributed by atoms with Crippen LogP contribution in [0.25, 0.3) is 0 Å². The van der Waals surface area contributed by atoms with Gasteiger partial charge < -0.3 is 19.5 Å². The van der Waals surface area contributed by atoms with E-state index in [0.717, 1.165) is 54.1 Å². The van der Waals surface area contributed by atoms with Crippen molar-refractivity contribution in [3.05, 3.63) is 41.0 Å². The first-order chi connectivity index (χ1) is 17.0. The smallest absolute Gasteiger partial charge is 0.230 e. The number of nitrogens with one attached hydrogen (secondary N) is 1. The van der Waals surface area contributed by atoms with Crippen LogP contribution in [0.1, 0.15) is 94.0 Å². The van der Waals surface area contributed by atoms with Gasteiger partial charge in [-0.25, -0.2) is 0 Å². The summed E-state index contributed by atoms with van der Waals surface area (Å²) in [5.41, 5.74) is 2.85. The van der Waals surface area contributed by atoms with E-state index >= 15 is 0 Å². The molecular weight excluding hydrogens is 454 g/mol. The van der Waals surface area contributed by atoms with Gasteiger partial charge in [0.1, 0.15) is 11.6 Å². The minimum absolute atomic E-state index is 0.0132. The Hall–Kier alpha value is -2.74. The van der Waals surface area contributed by atoms with Crippen molar-refractivity contribution >= 4 is 17.5 Å². The average molecular weight is 494 g/mol. The molecular formula is C28H39N5O3. The molecule has 0 unspecified atom stereocenters. The van der Waals surface area contributed by atoms with E-state index in [0.29, 0.717) is 25.0 Å². The summed E-state index contributed by atoms with van der Waals surface area (Å²) < 4.78 is 8.47. The maximum Gasteiger partial charge on any atom is 0.230 e. The highest BCUT2D eigenvalue weighted by molar-refractivity contribution is 5.94. The fourth-order valence-electron chi connectivity index (χ4n) is 5.69. The number of anilines is 1. The van der Waals surface area contributed by atoms with Crippen molar-refractivity contribution in [2.75, 3.05) is 18.4 Å². The number of nitrogens with zero attached hydrogens (tertiary/aromatic N) is 4. The zero-order valence-corrected chi connectivity index (χ0v) is 22.4. The van der Waals surface area contributed by atoms with Crippen LogP contribution >= 0.6 is 0 Å². The predicted octanol–water partition coefficient (Wildman–Crippen LogP) is 4.49. The maximum absolute atomic E-state index is 13.6. The lowest BCUT2D eigenvalue weighted by Crippen LogP contribution is -2.37. The molecule has 2 heterocycles. The molecule has 1 aromatic carbocycles. The second-order valence-electron chi connectivity index (χ2n) is 12.0. The first kappa shape index (κ1) is 24.9. The van der Waals surface area contributed by atoms with E-state index in [9.17, 15) is 9.59 Å². The lowest BCUT2D eigenvalue weighted by molar-refractivity contribution is -0.128. The third-order valence-electron chi connectivity index (χ3n) is 7.71. The number of likely N-dealkylation sites (tertiary alicyclic amines) is 1. The van der Waals surface area contributed by atoms with Crippen LogP contribution in [0.4, 0.5) is 5.69 Å². The highest BCUT2D eigenvalue weighted by atomic mass is 16.5. The molecule has 8 heteroatoms. The number of hydrogen-bond donors (Lipinski definition) is 1. The first-order valence-corrected chi connectivity index (χ1v) is 13.3. The molecule has 8 nitrogen and oxygen atoms in total. The Balaban J connectivity index is 1.39. The molecule has 36 heavy (non-hydrogen) atoms. The minimum Gasteiger partial charge on any atom is -0.373 e. The Kier molecular flexibility index (Phi) is 6.43. The Labute approximate surface area is 213 Å². The van der Waals surface area contributed by atoms with Crippen molar-refractivity contribution < 1.29 is 14.3 Å². The zero-order valence-electron chi connectivity index (χ0n) is 22.4. The molecule has 1 N–H and O–H groups in total. The summed E-state index contributed by atoms with van der Waals surface area (Å²) in [6.07, 6.45) is 4.36. The summed E-state index contributed by atoms with van der Waals surface area (Å²) in [7, 11) is 0. The molecule has 1 saturated heterocycles. The maximum atomic E-state index is 13.6. The highest BCUT2D eigenvalue weighted by Crippen LogP contribution is 2.46. The van der Waals surface area contributed by atoms with Gasteiger partial charge in [0.05, 0.1) is 23.5 Å². The number of aryl methyl sites for hydroxylation is 2. The van der Waals surface area contributed by atoms with Crippen molar-refractivity contribution in [1.29, 1.82) is 0 Å². The number of rotatable bonds is 6. The fraction of sp³-hybridized carbons (Fsp3) is 0.643. The van der Waals surface area contributed by atoms with Crippen molar-refractivity contribution in [1.82, 2.24) is 19.7 Å². The van der Waals surface area contributed by atoms with Gasteiger partial charge in [0, 0.05) is 37.7 Å². The molecule has 2 atom stereocenters. The second-order valence-corrected chi connectivity index (χ2v) is 12.0. The normalized spacial score (nSPS) is 26.1. The van der Waals surface area contributed by atoms with E-state index in [4.69, 9.17) is 4.74 Å². The van der Waals surface area contributed by atoms with E-state index < -0.39 is 0 Å². The van der Waals surface area contributed by atoms with E-state index in [-0.39, 0.29) is 35.4 Å². The average Bonchev–Trinajstić information content (AvgIpc) is 3.34. The molecule has 2 aliphatic carbocycles. The van der Waals surface area contributed by atoms with Crippen molar-refractivity contribution in [2.45, 2.75) is 96.8 Å². The number of amides is 2. The summed E-state index contributed by atoms with van der Waals surface area (Å²) >= 11 is 0. The van der Waals surface area contributed by atoms with Crippen molar-refractivity contribution in [3.63, 3.8) is 0 Å². The fourth-order valence-corrected chi connectivity index (χ4v) is 5.69. The van der Waals surface area contributed by atoms with Gasteiger partial charge in [0.2, 0.25) is 11.8 Å². The number of carbonyl (C=O) groups is 2. The summed E-state index contributed by atoms with van der Waals surface area (Å²) in [6.45, 7) is 12.8. The van der Waals surface area contributed by atoms with Gasteiger partial charge in [0.15, 0.2) is 0 Å². The second kappa shape index (κ2) is 9.29. The third kappa shape index (κ3) is 5.05. The van der Waals surface area contributed by atoms with Crippen LogP contribution in [0, 0.1) is 19.8 Å². The van der Waals surface area contributed by atoms with Gasteiger partial charge in [-0.15, -0.1) is 10.2 Å². The molecule has 3 aliphatic rings. The van der Waals surface area contributed by atoms with Gasteiger partial charge in [0.25, 0.3) is 0 Å². The molecule has 1 aliphatic heterocycles. The molecule has 1 aromatic heterocycles. The Bertz CT molecular complexity index is 1160. The number of hydrogen-bond acceptors (Lipinski definition) is 5. The Morgan fingerprint density at radius 2 is 1.75 bits per heavy atom.